The van der Waals surface area contributed by atoms with Crippen LogP contribution in [0.1, 0.15) is 44.7 Å². The highest BCUT2D eigenvalue weighted by molar-refractivity contribution is 5.56. The Morgan fingerprint density at radius 2 is 2.10 bits per heavy atom. The summed E-state index contributed by atoms with van der Waals surface area (Å²) in [7, 11) is 0. The number of nitrogens with zero attached hydrogens (tertiary/aromatic N) is 1. The lowest BCUT2D eigenvalue weighted by molar-refractivity contribution is 0.145. The molecule has 0 amide bonds. The van der Waals surface area contributed by atoms with Gasteiger partial charge in [0.05, 0.1) is 11.8 Å². The number of anilines is 1. The van der Waals surface area contributed by atoms with E-state index in [0.29, 0.717) is 18.5 Å². The zero-order valence-corrected chi connectivity index (χ0v) is 12.4. The topological polar surface area (TPSA) is 35.5 Å². The molecule has 0 bridgehead atoms. The van der Waals surface area contributed by atoms with E-state index < -0.39 is 0 Å². The van der Waals surface area contributed by atoms with Gasteiger partial charge in [0.25, 0.3) is 0 Å². The highest BCUT2D eigenvalue weighted by Gasteiger charge is 2.23. The number of hydrogen-bond donors (Lipinski definition) is 2. The van der Waals surface area contributed by atoms with E-state index in [1.165, 1.54) is 6.07 Å². The van der Waals surface area contributed by atoms with Crippen LogP contribution >= 0.6 is 0 Å². The molecule has 1 aliphatic heterocycles. The molecule has 1 aromatic carbocycles. The van der Waals surface area contributed by atoms with Crippen molar-refractivity contribution in [3.8, 4) is 0 Å². The molecule has 2 rings (SSSR count). The quantitative estimate of drug-likeness (QED) is 0.870. The van der Waals surface area contributed by atoms with Crippen molar-refractivity contribution >= 4 is 5.69 Å². The van der Waals surface area contributed by atoms with Crippen LogP contribution in [0.5, 0.6) is 0 Å². The zero-order chi connectivity index (χ0) is 14.5. The van der Waals surface area contributed by atoms with Crippen LogP contribution < -0.4 is 10.2 Å². The van der Waals surface area contributed by atoms with Crippen LogP contribution in [0.4, 0.5) is 10.1 Å². The normalized spacial score (nSPS) is 18.3. The van der Waals surface area contributed by atoms with E-state index in [1.807, 2.05) is 6.07 Å². The van der Waals surface area contributed by atoms with E-state index in [-0.39, 0.29) is 18.0 Å². The molecule has 4 heteroatoms. The molecule has 0 spiro atoms. The maximum atomic E-state index is 14.3. The van der Waals surface area contributed by atoms with Crippen LogP contribution in [0.15, 0.2) is 18.2 Å². The Kier molecular flexibility index (Phi) is 5.38. The van der Waals surface area contributed by atoms with E-state index in [2.05, 4.69) is 24.1 Å². The van der Waals surface area contributed by atoms with Crippen molar-refractivity contribution in [1.82, 2.24) is 5.32 Å². The first-order valence-electron chi connectivity index (χ1n) is 7.58. The maximum absolute atomic E-state index is 14.3. The molecule has 0 radical (unpaired) electrons. The van der Waals surface area contributed by atoms with Crippen molar-refractivity contribution in [3.05, 3.63) is 29.6 Å². The van der Waals surface area contributed by atoms with Gasteiger partial charge in [0.15, 0.2) is 0 Å². The second-order valence-electron chi connectivity index (χ2n) is 5.57. The van der Waals surface area contributed by atoms with Gasteiger partial charge in [-0.2, -0.15) is 0 Å². The minimum Gasteiger partial charge on any atom is -0.393 e. The summed E-state index contributed by atoms with van der Waals surface area (Å²) in [6.07, 6.45) is 2.25. The minimum atomic E-state index is -0.239. The zero-order valence-electron chi connectivity index (χ0n) is 12.4. The summed E-state index contributed by atoms with van der Waals surface area (Å²) in [6.45, 7) is 6.56. The third-order valence-electron chi connectivity index (χ3n) is 3.97. The first kappa shape index (κ1) is 15.3. The van der Waals surface area contributed by atoms with Crippen LogP contribution in [-0.4, -0.2) is 30.8 Å². The number of aliphatic hydroxyl groups excluding tert-OH is 1. The van der Waals surface area contributed by atoms with Gasteiger partial charge < -0.3 is 15.3 Å². The number of para-hydroxylation sites is 1. The number of rotatable bonds is 5. The van der Waals surface area contributed by atoms with Crippen LogP contribution in [0.25, 0.3) is 0 Å². The summed E-state index contributed by atoms with van der Waals surface area (Å²) in [5.74, 6) is -0.163. The average Bonchev–Trinajstić information content (AvgIpc) is 2.45. The Bertz CT molecular complexity index is 430. The summed E-state index contributed by atoms with van der Waals surface area (Å²) < 4.78 is 14.3. The van der Waals surface area contributed by atoms with Gasteiger partial charge in [0.2, 0.25) is 0 Å². The maximum Gasteiger partial charge on any atom is 0.146 e. The van der Waals surface area contributed by atoms with Gasteiger partial charge in [-0.25, -0.2) is 4.39 Å². The van der Waals surface area contributed by atoms with Crippen LogP contribution in [0.3, 0.4) is 0 Å². The predicted molar refractivity (Wildman–Crippen MR) is 80.6 cm³/mol. The summed E-state index contributed by atoms with van der Waals surface area (Å²) >= 11 is 0. The molecular weight excluding hydrogens is 255 g/mol. The summed E-state index contributed by atoms with van der Waals surface area (Å²) in [5.41, 5.74) is 1.71. The van der Waals surface area contributed by atoms with Gasteiger partial charge in [0.1, 0.15) is 5.82 Å². The Hall–Kier alpha value is -1.13. The third kappa shape index (κ3) is 3.49. The Morgan fingerprint density at radius 3 is 2.75 bits per heavy atom. The molecule has 0 aromatic heterocycles. The van der Waals surface area contributed by atoms with Crippen molar-refractivity contribution in [2.45, 2.75) is 45.3 Å². The summed E-state index contributed by atoms with van der Waals surface area (Å²) in [5, 5.41) is 13.0. The first-order valence-corrected chi connectivity index (χ1v) is 7.58. The molecule has 3 nitrogen and oxygen atoms in total. The molecule has 112 valence electrons. The monoisotopic (exact) mass is 280 g/mol. The molecule has 2 N–H and O–H groups in total. The van der Waals surface area contributed by atoms with Gasteiger partial charge in [0, 0.05) is 19.1 Å². The molecule has 0 aliphatic carbocycles. The number of halogens is 1. The van der Waals surface area contributed by atoms with E-state index in [9.17, 15) is 9.50 Å². The highest BCUT2D eigenvalue weighted by Crippen LogP contribution is 2.31. The van der Waals surface area contributed by atoms with Gasteiger partial charge in [-0.1, -0.05) is 19.1 Å². The highest BCUT2D eigenvalue weighted by atomic mass is 19.1. The Balaban J connectivity index is 2.22. The standard InChI is InChI=1S/C16H25FN2O/c1-3-9-18-12(2)14-5-4-6-15(17)16(14)19-10-7-13(20)8-11-19/h4-6,12-13,18,20H,3,7-11H2,1-2H3. The third-order valence-corrected chi connectivity index (χ3v) is 3.97. The largest absolute Gasteiger partial charge is 0.393 e. The molecule has 1 aromatic rings. The van der Waals surface area contributed by atoms with Gasteiger partial charge in [-0.3, -0.25) is 0 Å². The molecule has 0 saturated carbocycles. The molecule has 20 heavy (non-hydrogen) atoms. The minimum absolute atomic E-state index is 0.132. The van der Waals surface area contributed by atoms with Crippen molar-refractivity contribution in [3.63, 3.8) is 0 Å². The number of nitrogens with one attached hydrogen (secondary N) is 1. The number of hydrogen-bond acceptors (Lipinski definition) is 3. The second kappa shape index (κ2) is 7.04. The molecule has 1 heterocycles. The van der Waals surface area contributed by atoms with Gasteiger partial charge in [-0.15, -0.1) is 0 Å². The molecule has 1 atom stereocenters. The fraction of sp³-hybridized carbons (Fsp3) is 0.625. The predicted octanol–water partition coefficient (Wildman–Crippen LogP) is 2.85. The molecule has 1 saturated heterocycles. The van der Waals surface area contributed by atoms with Crippen molar-refractivity contribution in [2.24, 2.45) is 0 Å². The van der Waals surface area contributed by atoms with Crippen molar-refractivity contribution in [2.75, 3.05) is 24.5 Å². The van der Waals surface area contributed by atoms with Crippen LogP contribution in [-0.2, 0) is 0 Å². The Labute approximate surface area is 120 Å². The van der Waals surface area contributed by atoms with Crippen molar-refractivity contribution in [1.29, 1.82) is 0 Å². The molecule has 1 unspecified atom stereocenters. The average molecular weight is 280 g/mol. The van der Waals surface area contributed by atoms with Crippen molar-refractivity contribution < 1.29 is 9.50 Å². The molecule has 1 fully saturated rings. The first-order chi connectivity index (χ1) is 9.63. The number of benzene rings is 1. The number of aliphatic hydroxyl groups is 1. The van der Waals surface area contributed by atoms with E-state index in [4.69, 9.17) is 0 Å². The Morgan fingerprint density at radius 1 is 1.40 bits per heavy atom. The second-order valence-corrected chi connectivity index (χ2v) is 5.57. The van der Waals surface area contributed by atoms with Gasteiger partial charge in [-0.05, 0) is 44.4 Å². The molecular formula is C16H25FN2O. The SMILES string of the molecule is CCCNC(C)c1cccc(F)c1N1CCC(O)CC1. The van der Waals surface area contributed by atoms with Crippen LogP contribution in [0.2, 0.25) is 0 Å². The fourth-order valence-electron chi connectivity index (χ4n) is 2.78. The lowest BCUT2D eigenvalue weighted by Gasteiger charge is -2.34. The van der Waals surface area contributed by atoms with Gasteiger partial charge >= 0.3 is 0 Å². The van der Waals surface area contributed by atoms with E-state index in [1.54, 1.807) is 6.07 Å². The lowest BCUT2D eigenvalue weighted by atomic mass is 10.0. The van der Waals surface area contributed by atoms with Crippen LogP contribution in [0, 0.1) is 5.82 Å². The fourth-order valence-corrected chi connectivity index (χ4v) is 2.78. The summed E-state index contributed by atoms with van der Waals surface area (Å²) in [4.78, 5) is 2.07. The molecule has 1 aliphatic rings. The smallest absolute Gasteiger partial charge is 0.146 e. The van der Waals surface area contributed by atoms with E-state index in [0.717, 1.165) is 31.6 Å². The summed E-state index contributed by atoms with van der Waals surface area (Å²) in [6, 6.07) is 5.43. The number of piperidine rings is 1. The van der Waals surface area contributed by atoms with E-state index >= 15 is 0 Å². The lowest BCUT2D eigenvalue weighted by Crippen LogP contribution is -2.37.